The zero-order valence-corrected chi connectivity index (χ0v) is 9.28. The summed E-state index contributed by atoms with van der Waals surface area (Å²) in [5.41, 5.74) is 0. The van der Waals surface area contributed by atoms with Gasteiger partial charge in [-0.2, -0.15) is 5.26 Å². The minimum Gasteiger partial charge on any atom is -0.329 e. The standard InChI is InChI=1S/C12H18N2O/c1-2-14(8-7-13)12(15)11-9-5-3-4-6-10(9)11/h9-11H,2-6,8H2,1H3. The molecule has 0 N–H and O–H groups in total. The van der Waals surface area contributed by atoms with Crippen molar-refractivity contribution in [1.82, 2.24) is 4.90 Å². The van der Waals surface area contributed by atoms with Gasteiger partial charge >= 0.3 is 0 Å². The number of carbonyl (C=O) groups excluding carboxylic acids is 1. The van der Waals surface area contributed by atoms with E-state index in [0.717, 1.165) is 0 Å². The van der Waals surface area contributed by atoms with E-state index < -0.39 is 0 Å². The lowest BCUT2D eigenvalue weighted by Gasteiger charge is -2.17. The lowest BCUT2D eigenvalue weighted by Crippen LogP contribution is -2.33. The van der Waals surface area contributed by atoms with Gasteiger partial charge in [-0.15, -0.1) is 0 Å². The Bertz CT molecular complexity index is 282. The van der Waals surface area contributed by atoms with E-state index in [9.17, 15) is 4.79 Å². The maximum absolute atomic E-state index is 12.1. The van der Waals surface area contributed by atoms with Crippen molar-refractivity contribution < 1.29 is 4.79 Å². The molecule has 82 valence electrons. The van der Waals surface area contributed by atoms with Gasteiger partial charge in [-0.1, -0.05) is 12.8 Å². The third-order valence-electron chi connectivity index (χ3n) is 3.90. The lowest BCUT2D eigenvalue weighted by atomic mass is 10.0. The summed E-state index contributed by atoms with van der Waals surface area (Å²) in [6.07, 6.45) is 5.03. The maximum atomic E-state index is 12.1. The second-order valence-corrected chi connectivity index (χ2v) is 4.65. The quantitative estimate of drug-likeness (QED) is 0.661. The van der Waals surface area contributed by atoms with Crippen LogP contribution >= 0.6 is 0 Å². The molecule has 0 saturated heterocycles. The summed E-state index contributed by atoms with van der Waals surface area (Å²) in [4.78, 5) is 13.8. The highest BCUT2D eigenvalue weighted by Crippen LogP contribution is 2.55. The number of carbonyl (C=O) groups is 1. The number of nitrogens with zero attached hydrogens (tertiary/aromatic N) is 2. The second kappa shape index (κ2) is 4.22. The van der Waals surface area contributed by atoms with E-state index in [-0.39, 0.29) is 18.4 Å². The summed E-state index contributed by atoms with van der Waals surface area (Å²) < 4.78 is 0. The van der Waals surface area contributed by atoms with Gasteiger partial charge in [0, 0.05) is 12.5 Å². The van der Waals surface area contributed by atoms with Crippen molar-refractivity contribution in [2.45, 2.75) is 32.6 Å². The summed E-state index contributed by atoms with van der Waals surface area (Å²) in [5, 5.41) is 8.63. The van der Waals surface area contributed by atoms with Gasteiger partial charge in [-0.05, 0) is 31.6 Å². The second-order valence-electron chi connectivity index (χ2n) is 4.65. The number of fused-ring (bicyclic) bond motifs is 1. The molecule has 2 unspecified atom stereocenters. The molecule has 0 aromatic heterocycles. The smallest absolute Gasteiger partial charge is 0.227 e. The van der Waals surface area contributed by atoms with Gasteiger partial charge in [-0.25, -0.2) is 0 Å². The molecular formula is C12H18N2O. The molecule has 0 radical (unpaired) electrons. The van der Waals surface area contributed by atoms with Gasteiger partial charge in [0.1, 0.15) is 6.54 Å². The van der Waals surface area contributed by atoms with E-state index in [1.54, 1.807) is 4.90 Å². The molecule has 0 bridgehead atoms. The molecule has 2 rings (SSSR count). The van der Waals surface area contributed by atoms with E-state index in [4.69, 9.17) is 5.26 Å². The van der Waals surface area contributed by atoms with Crippen LogP contribution in [-0.2, 0) is 4.79 Å². The Morgan fingerprint density at radius 3 is 2.47 bits per heavy atom. The summed E-state index contributed by atoms with van der Waals surface area (Å²) in [6, 6.07) is 2.07. The van der Waals surface area contributed by atoms with Crippen molar-refractivity contribution in [1.29, 1.82) is 5.26 Å². The first kappa shape index (κ1) is 10.5. The van der Waals surface area contributed by atoms with Crippen LogP contribution in [0.3, 0.4) is 0 Å². The predicted molar refractivity (Wildman–Crippen MR) is 56.8 cm³/mol. The highest BCUT2D eigenvalue weighted by Gasteiger charge is 2.55. The molecule has 0 aromatic carbocycles. The fourth-order valence-electron chi connectivity index (χ4n) is 3.00. The van der Waals surface area contributed by atoms with Crippen LogP contribution in [0.15, 0.2) is 0 Å². The highest BCUT2D eigenvalue weighted by atomic mass is 16.2. The van der Waals surface area contributed by atoms with E-state index in [1.165, 1.54) is 25.7 Å². The van der Waals surface area contributed by atoms with Crippen LogP contribution in [0.2, 0.25) is 0 Å². The van der Waals surface area contributed by atoms with Gasteiger partial charge in [0.15, 0.2) is 0 Å². The lowest BCUT2D eigenvalue weighted by molar-refractivity contribution is -0.132. The number of hydrogen-bond donors (Lipinski definition) is 0. The number of nitriles is 1. The first-order valence-corrected chi connectivity index (χ1v) is 5.95. The predicted octanol–water partition coefficient (Wildman–Crippen LogP) is 1.79. The summed E-state index contributed by atoms with van der Waals surface area (Å²) in [5.74, 6) is 1.80. The molecule has 2 atom stereocenters. The van der Waals surface area contributed by atoms with Gasteiger partial charge < -0.3 is 4.90 Å². The molecule has 0 aromatic rings. The average molecular weight is 206 g/mol. The molecule has 2 aliphatic rings. The molecule has 2 fully saturated rings. The SMILES string of the molecule is CCN(CC#N)C(=O)C1C2CCCCC21. The van der Waals surface area contributed by atoms with Gasteiger partial charge in [0.2, 0.25) is 5.91 Å². The van der Waals surface area contributed by atoms with Crippen LogP contribution in [0, 0.1) is 29.1 Å². The van der Waals surface area contributed by atoms with Gasteiger partial charge in [0.05, 0.1) is 6.07 Å². The molecule has 15 heavy (non-hydrogen) atoms. The largest absolute Gasteiger partial charge is 0.329 e. The van der Waals surface area contributed by atoms with Crippen molar-refractivity contribution in [3.63, 3.8) is 0 Å². The molecule has 2 saturated carbocycles. The average Bonchev–Trinajstić information content (AvgIpc) is 2.99. The molecular weight excluding hydrogens is 188 g/mol. The molecule has 1 amide bonds. The van der Waals surface area contributed by atoms with E-state index in [2.05, 4.69) is 6.07 Å². The Balaban J connectivity index is 1.94. The number of hydrogen-bond acceptors (Lipinski definition) is 2. The normalized spacial score (nSPS) is 32.7. The van der Waals surface area contributed by atoms with E-state index in [0.29, 0.717) is 18.4 Å². The molecule has 0 aliphatic heterocycles. The third-order valence-corrected chi connectivity index (χ3v) is 3.90. The maximum Gasteiger partial charge on any atom is 0.227 e. The highest BCUT2D eigenvalue weighted by molar-refractivity contribution is 5.82. The minimum atomic E-state index is 0.232. The van der Waals surface area contributed by atoms with Gasteiger partial charge in [0.25, 0.3) is 0 Å². The first-order chi connectivity index (χ1) is 7.29. The Kier molecular flexibility index (Phi) is 2.95. The molecule has 0 spiro atoms. The molecule has 3 nitrogen and oxygen atoms in total. The van der Waals surface area contributed by atoms with Crippen molar-refractivity contribution in [2.75, 3.05) is 13.1 Å². The van der Waals surface area contributed by atoms with Crippen LogP contribution in [0.4, 0.5) is 0 Å². The zero-order chi connectivity index (χ0) is 10.8. The van der Waals surface area contributed by atoms with Crippen LogP contribution in [-0.4, -0.2) is 23.9 Å². The fraction of sp³-hybridized carbons (Fsp3) is 0.833. The monoisotopic (exact) mass is 206 g/mol. The summed E-state index contributed by atoms with van der Waals surface area (Å²) in [7, 11) is 0. The van der Waals surface area contributed by atoms with Crippen molar-refractivity contribution in [2.24, 2.45) is 17.8 Å². The van der Waals surface area contributed by atoms with E-state index >= 15 is 0 Å². The number of rotatable bonds is 3. The van der Waals surface area contributed by atoms with Crippen molar-refractivity contribution >= 4 is 5.91 Å². The Morgan fingerprint density at radius 1 is 1.40 bits per heavy atom. The first-order valence-electron chi connectivity index (χ1n) is 5.95. The van der Waals surface area contributed by atoms with E-state index in [1.807, 2.05) is 6.92 Å². The molecule has 2 aliphatic carbocycles. The Hall–Kier alpha value is -1.04. The Morgan fingerprint density at radius 2 is 2.00 bits per heavy atom. The van der Waals surface area contributed by atoms with Gasteiger partial charge in [-0.3, -0.25) is 4.79 Å². The molecule has 0 heterocycles. The fourth-order valence-corrected chi connectivity index (χ4v) is 3.00. The van der Waals surface area contributed by atoms with Crippen molar-refractivity contribution in [3.8, 4) is 6.07 Å². The minimum absolute atomic E-state index is 0.232. The summed E-state index contributed by atoms with van der Waals surface area (Å²) >= 11 is 0. The zero-order valence-electron chi connectivity index (χ0n) is 9.28. The summed E-state index contributed by atoms with van der Waals surface area (Å²) in [6.45, 7) is 2.87. The van der Waals surface area contributed by atoms with Crippen LogP contribution in [0.25, 0.3) is 0 Å². The molecule has 3 heteroatoms. The van der Waals surface area contributed by atoms with Crippen LogP contribution < -0.4 is 0 Å². The van der Waals surface area contributed by atoms with Crippen LogP contribution in [0.5, 0.6) is 0 Å². The topological polar surface area (TPSA) is 44.1 Å². The third kappa shape index (κ3) is 1.86. The Labute approximate surface area is 91.1 Å². The van der Waals surface area contributed by atoms with Crippen molar-refractivity contribution in [3.05, 3.63) is 0 Å². The van der Waals surface area contributed by atoms with Crippen LogP contribution in [0.1, 0.15) is 32.6 Å². The number of amides is 1.